The van der Waals surface area contributed by atoms with Gasteiger partial charge in [-0.15, -0.1) is 0 Å². The zero-order valence-corrected chi connectivity index (χ0v) is 16.7. The largest absolute Gasteiger partial charge is 0.481 e. The van der Waals surface area contributed by atoms with Crippen LogP contribution in [0.15, 0.2) is 24.3 Å². The quantitative estimate of drug-likeness (QED) is 0.279. The van der Waals surface area contributed by atoms with E-state index >= 15 is 0 Å². The van der Waals surface area contributed by atoms with Gasteiger partial charge in [-0.25, -0.2) is 0 Å². The predicted molar refractivity (Wildman–Crippen MR) is 103 cm³/mol. The third-order valence-electron chi connectivity index (χ3n) is 3.71. The summed E-state index contributed by atoms with van der Waals surface area (Å²) in [4.78, 5) is 22.9. The molecular weight excluding hydrogens is 334 g/mol. The Morgan fingerprint density at radius 3 is 2.38 bits per heavy atom. The number of esters is 1. The minimum Gasteiger partial charge on any atom is -0.481 e. The molecule has 0 spiro atoms. The third-order valence-corrected chi connectivity index (χ3v) is 3.71. The number of allylic oxidation sites excluding steroid dienone is 4. The molecule has 2 N–H and O–H groups in total. The van der Waals surface area contributed by atoms with E-state index in [0.717, 1.165) is 12.8 Å². The number of carboxylic acid groups (broad SMARTS) is 1. The van der Waals surface area contributed by atoms with Crippen molar-refractivity contribution < 1.29 is 29.0 Å². The lowest BCUT2D eigenvalue weighted by Gasteiger charge is -2.28. The Hall–Kier alpha value is -1.66. The lowest BCUT2D eigenvalue weighted by atomic mass is 10.1. The normalized spacial score (nSPS) is 14.7. The summed E-state index contributed by atoms with van der Waals surface area (Å²) >= 11 is 0. The first-order chi connectivity index (χ1) is 12.1. The number of carbonyl (C=O) groups is 2. The van der Waals surface area contributed by atoms with Gasteiger partial charge in [0.1, 0.15) is 6.54 Å². The van der Waals surface area contributed by atoms with E-state index in [1.165, 1.54) is 0 Å². The van der Waals surface area contributed by atoms with Crippen LogP contribution in [0.25, 0.3) is 0 Å². The molecule has 0 radical (unpaired) electrons. The van der Waals surface area contributed by atoms with Gasteiger partial charge in [0, 0.05) is 6.42 Å². The number of aliphatic carboxylic acids is 1. The van der Waals surface area contributed by atoms with E-state index in [1.807, 2.05) is 34.1 Å². The van der Waals surface area contributed by atoms with Crippen LogP contribution in [-0.4, -0.2) is 66.5 Å². The van der Waals surface area contributed by atoms with Crippen molar-refractivity contribution in [1.82, 2.24) is 0 Å². The Bertz CT molecular complexity index is 465. The molecule has 2 unspecified atom stereocenters. The number of carboxylic acids is 1. The first kappa shape index (κ1) is 24.3. The number of ether oxygens (including phenoxy) is 1. The predicted octanol–water partition coefficient (Wildman–Crippen LogP) is 2.91. The summed E-state index contributed by atoms with van der Waals surface area (Å²) in [6.45, 7) is 2.43. The zero-order valence-electron chi connectivity index (χ0n) is 16.7. The molecule has 0 saturated carbocycles. The van der Waals surface area contributed by atoms with Crippen LogP contribution in [0.1, 0.15) is 51.9 Å². The Kier molecular flexibility index (Phi) is 12.7. The summed E-state index contributed by atoms with van der Waals surface area (Å²) in [5.74, 6) is -1.38. The Labute approximate surface area is 157 Å². The van der Waals surface area contributed by atoms with Gasteiger partial charge in [0.25, 0.3) is 0 Å². The minimum atomic E-state index is -0.978. The van der Waals surface area contributed by atoms with E-state index in [-0.39, 0.29) is 12.8 Å². The van der Waals surface area contributed by atoms with Crippen molar-refractivity contribution in [1.29, 1.82) is 0 Å². The number of hydrogen-bond donors (Lipinski definition) is 2. The second-order valence-electron chi connectivity index (χ2n) is 7.58. The van der Waals surface area contributed by atoms with Crippen molar-refractivity contribution in [2.24, 2.45) is 0 Å². The first-order valence-electron chi connectivity index (χ1n) is 9.30. The summed E-state index contributed by atoms with van der Waals surface area (Å²) < 4.78 is 5.84. The number of nitrogens with zero attached hydrogens (tertiary/aromatic N) is 1. The van der Waals surface area contributed by atoms with Gasteiger partial charge in [0.05, 0.1) is 33.7 Å². The molecule has 0 heterocycles. The summed E-state index contributed by atoms with van der Waals surface area (Å²) in [6.07, 6.45) is 10.6. The molecule has 0 rings (SSSR count). The highest BCUT2D eigenvalue weighted by Crippen LogP contribution is 2.11. The average Bonchev–Trinajstić information content (AvgIpc) is 2.48. The summed E-state index contributed by atoms with van der Waals surface area (Å²) in [5, 5.41) is 18.9. The fourth-order valence-corrected chi connectivity index (χ4v) is 2.54. The van der Waals surface area contributed by atoms with Crippen LogP contribution >= 0.6 is 0 Å². The van der Waals surface area contributed by atoms with Crippen molar-refractivity contribution in [3.63, 3.8) is 0 Å². The van der Waals surface area contributed by atoms with Crippen molar-refractivity contribution in [2.75, 3.05) is 27.7 Å². The van der Waals surface area contributed by atoms with Gasteiger partial charge >= 0.3 is 11.9 Å². The maximum absolute atomic E-state index is 11.9. The maximum Gasteiger partial charge on any atom is 0.307 e. The highest BCUT2D eigenvalue weighted by Gasteiger charge is 2.24. The summed E-state index contributed by atoms with van der Waals surface area (Å²) in [5.41, 5.74) is 0. The van der Waals surface area contributed by atoms with E-state index in [9.17, 15) is 14.7 Å². The molecule has 26 heavy (non-hydrogen) atoms. The number of rotatable bonds is 14. The van der Waals surface area contributed by atoms with Gasteiger partial charge in [0.2, 0.25) is 0 Å². The molecule has 0 aromatic rings. The molecule has 0 saturated heterocycles. The molecule has 0 aromatic carbocycles. The van der Waals surface area contributed by atoms with E-state index in [1.54, 1.807) is 0 Å². The lowest BCUT2D eigenvalue weighted by Crippen LogP contribution is -2.43. The van der Waals surface area contributed by atoms with Crippen LogP contribution < -0.4 is 0 Å². The van der Waals surface area contributed by atoms with E-state index in [4.69, 9.17) is 9.84 Å². The molecule has 0 amide bonds. The van der Waals surface area contributed by atoms with Crippen LogP contribution in [0.3, 0.4) is 0 Å². The molecule has 0 fully saturated rings. The SMILES string of the molecule is C/C=C/C/C=C/CCC(O)CCCC(=O)OC(CC(=O)O)C[N+](C)(C)C. The monoisotopic (exact) mass is 370 g/mol. The average molecular weight is 371 g/mol. The number of aliphatic hydroxyl groups is 1. The molecule has 0 bridgehead atoms. The Morgan fingerprint density at radius 2 is 1.81 bits per heavy atom. The van der Waals surface area contributed by atoms with E-state index in [2.05, 4.69) is 18.2 Å². The number of hydrogen-bond acceptors (Lipinski definition) is 4. The van der Waals surface area contributed by atoms with Gasteiger partial charge in [-0.05, 0) is 39.0 Å². The molecule has 150 valence electrons. The molecular formula is C20H36NO5+. The van der Waals surface area contributed by atoms with Crippen LogP contribution in [0, 0.1) is 0 Å². The summed E-state index contributed by atoms with van der Waals surface area (Å²) in [6, 6.07) is 0. The molecule has 0 aliphatic carbocycles. The third kappa shape index (κ3) is 15.8. The molecule has 0 aliphatic rings. The second kappa shape index (κ2) is 13.5. The highest BCUT2D eigenvalue weighted by molar-refractivity contribution is 5.71. The van der Waals surface area contributed by atoms with Crippen LogP contribution in [0.4, 0.5) is 0 Å². The van der Waals surface area contributed by atoms with Gasteiger partial charge in [-0.2, -0.15) is 0 Å². The highest BCUT2D eigenvalue weighted by atomic mass is 16.5. The van der Waals surface area contributed by atoms with Gasteiger partial charge in [0.15, 0.2) is 6.10 Å². The second-order valence-corrected chi connectivity index (χ2v) is 7.58. The number of likely N-dealkylation sites (N-methyl/N-ethyl adjacent to an activating group) is 1. The topological polar surface area (TPSA) is 83.8 Å². The zero-order chi connectivity index (χ0) is 20.0. The molecule has 0 aliphatic heterocycles. The smallest absolute Gasteiger partial charge is 0.307 e. The molecule has 6 nitrogen and oxygen atoms in total. The number of carbonyl (C=O) groups excluding carboxylic acids is 1. The van der Waals surface area contributed by atoms with Crippen LogP contribution in [0.5, 0.6) is 0 Å². The number of aliphatic hydroxyl groups excluding tert-OH is 1. The summed E-state index contributed by atoms with van der Waals surface area (Å²) in [7, 11) is 5.77. The molecule has 6 heteroatoms. The molecule has 2 atom stereocenters. The fourth-order valence-electron chi connectivity index (χ4n) is 2.54. The minimum absolute atomic E-state index is 0.191. The molecule has 0 aromatic heterocycles. The van der Waals surface area contributed by atoms with Gasteiger partial charge in [-0.1, -0.05) is 24.3 Å². The van der Waals surface area contributed by atoms with Crippen LogP contribution in [0.2, 0.25) is 0 Å². The lowest BCUT2D eigenvalue weighted by molar-refractivity contribution is -0.873. The van der Waals surface area contributed by atoms with Crippen LogP contribution in [-0.2, 0) is 14.3 Å². The standard InChI is InChI=1S/C20H35NO5/c1-5-6-7-8-9-10-12-17(22)13-11-14-20(25)26-18(15-19(23)24)16-21(2,3)4/h5-6,8-9,17-18,22H,7,10-16H2,1-4H3/p+1/b6-5+,9-8+. The van der Waals surface area contributed by atoms with E-state index < -0.39 is 24.1 Å². The Morgan fingerprint density at radius 1 is 1.12 bits per heavy atom. The Balaban J connectivity index is 4.07. The fraction of sp³-hybridized carbons (Fsp3) is 0.700. The van der Waals surface area contributed by atoms with Crippen molar-refractivity contribution in [3.8, 4) is 0 Å². The maximum atomic E-state index is 11.9. The van der Waals surface area contributed by atoms with Gasteiger partial charge < -0.3 is 19.4 Å². The van der Waals surface area contributed by atoms with Crippen molar-refractivity contribution in [2.45, 2.75) is 64.1 Å². The van der Waals surface area contributed by atoms with Crippen molar-refractivity contribution >= 4 is 11.9 Å². The first-order valence-corrected chi connectivity index (χ1v) is 9.30. The van der Waals surface area contributed by atoms with Crippen molar-refractivity contribution in [3.05, 3.63) is 24.3 Å². The van der Waals surface area contributed by atoms with E-state index in [0.29, 0.717) is 30.3 Å². The van der Waals surface area contributed by atoms with Gasteiger partial charge in [-0.3, -0.25) is 9.59 Å². The number of quaternary nitrogens is 1.